The van der Waals surface area contributed by atoms with E-state index in [0.717, 1.165) is 19.4 Å². The highest BCUT2D eigenvalue weighted by molar-refractivity contribution is 7.89. The van der Waals surface area contributed by atoms with Gasteiger partial charge in [-0.3, -0.25) is 0 Å². The summed E-state index contributed by atoms with van der Waals surface area (Å²) in [5, 5.41) is 3.05. The standard InChI is InChI=1S/C15H26N2O3S/c1-5-13(2)17(4)21(18,19)15-9-7-14(8-10-15)20-12-6-11-16-3/h7-10,13,16H,5-6,11-12H2,1-4H3. The van der Waals surface area contributed by atoms with E-state index in [-0.39, 0.29) is 6.04 Å². The van der Waals surface area contributed by atoms with E-state index in [1.165, 1.54) is 4.31 Å². The lowest BCUT2D eigenvalue weighted by Crippen LogP contribution is -2.34. The molecule has 0 saturated heterocycles. The number of hydrogen-bond donors (Lipinski definition) is 1. The molecule has 1 N–H and O–H groups in total. The lowest BCUT2D eigenvalue weighted by atomic mass is 10.3. The Balaban J connectivity index is 2.73. The SMILES string of the molecule is CCC(C)N(C)S(=O)(=O)c1ccc(OCCCNC)cc1. The van der Waals surface area contributed by atoms with Crippen LogP contribution in [0.1, 0.15) is 26.7 Å². The maximum atomic E-state index is 12.4. The van der Waals surface area contributed by atoms with E-state index >= 15 is 0 Å². The van der Waals surface area contributed by atoms with Crippen LogP contribution < -0.4 is 10.1 Å². The fourth-order valence-electron chi connectivity index (χ4n) is 1.81. The van der Waals surface area contributed by atoms with Gasteiger partial charge in [-0.05, 0) is 57.6 Å². The normalized spacial score (nSPS) is 13.4. The van der Waals surface area contributed by atoms with Gasteiger partial charge >= 0.3 is 0 Å². The van der Waals surface area contributed by atoms with Crippen LogP contribution in [0.3, 0.4) is 0 Å². The smallest absolute Gasteiger partial charge is 0.243 e. The highest BCUT2D eigenvalue weighted by Gasteiger charge is 2.24. The minimum atomic E-state index is -3.43. The van der Waals surface area contributed by atoms with E-state index in [4.69, 9.17) is 4.74 Å². The van der Waals surface area contributed by atoms with Crippen molar-refractivity contribution in [2.24, 2.45) is 0 Å². The van der Waals surface area contributed by atoms with Crippen molar-refractivity contribution in [1.82, 2.24) is 9.62 Å². The molecule has 1 aromatic rings. The maximum absolute atomic E-state index is 12.4. The van der Waals surface area contributed by atoms with Gasteiger partial charge in [0, 0.05) is 13.1 Å². The van der Waals surface area contributed by atoms with E-state index in [2.05, 4.69) is 5.32 Å². The molecule has 0 aliphatic carbocycles. The first-order valence-corrected chi connectivity index (χ1v) is 8.73. The van der Waals surface area contributed by atoms with E-state index in [1.54, 1.807) is 31.3 Å². The third kappa shape index (κ3) is 4.98. The predicted octanol–water partition coefficient (Wildman–Crippen LogP) is 2.09. The largest absolute Gasteiger partial charge is 0.494 e. The number of benzene rings is 1. The number of ether oxygens (including phenoxy) is 1. The van der Waals surface area contributed by atoms with Crippen LogP contribution in [0.15, 0.2) is 29.2 Å². The molecule has 1 atom stereocenters. The molecule has 0 spiro atoms. The fourth-order valence-corrected chi connectivity index (χ4v) is 3.24. The average molecular weight is 314 g/mol. The molecule has 0 heterocycles. The van der Waals surface area contributed by atoms with Crippen LogP contribution in [-0.4, -0.2) is 46.0 Å². The van der Waals surface area contributed by atoms with Gasteiger partial charge in [-0.1, -0.05) is 6.92 Å². The molecular formula is C15H26N2O3S. The summed E-state index contributed by atoms with van der Waals surface area (Å²) in [6, 6.07) is 6.59. The van der Waals surface area contributed by atoms with Crippen LogP contribution in [0.25, 0.3) is 0 Å². The molecule has 0 aliphatic heterocycles. The quantitative estimate of drug-likeness (QED) is 0.709. The van der Waals surface area contributed by atoms with E-state index < -0.39 is 10.0 Å². The van der Waals surface area contributed by atoms with Gasteiger partial charge < -0.3 is 10.1 Å². The summed E-state index contributed by atoms with van der Waals surface area (Å²) < 4.78 is 31.8. The van der Waals surface area contributed by atoms with Gasteiger partial charge in [0.1, 0.15) is 5.75 Å². The lowest BCUT2D eigenvalue weighted by Gasteiger charge is -2.23. The van der Waals surface area contributed by atoms with Gasteiger partial charge in [-0.15, -0.1) is 0 Å². The first-order chi connectivity index (χ1) is 9.93. The number of rotatable bonds is 9. The number of nitrogens with one attached hydrogen (secondary N) is 1. The zero-order chi connectivity index (χ0) is 15.9. The van der Waals surface area contributed by atoms with Crippen molar-refractivity contribution in [2.75, 3.05) is 27.2 Å². The Morgan fingerprint density at radius 2 is 1.90 bits per heavy atom. The summed E-state index contributed by atoms with van der Waals surface area (Å²) in [5.41, 5.74) is 0. The second-order valence-electron chi connectivity index (χ2n) is 5.06. The minimum Gasteiger partial charge on any atom is -0.494 e. The minimum absolute atomic E-state index is 0.0209. The van der Waals surface area contributed by atoms with Crippen molar-refractivity contribution in [3.8, 4) is 5.75 Å². The molecule has 0 aromatic heterocycles. The van der Waals surface area contributed by atoms with Gasteiger partial charge in [0.05, 0.1) is 11.5 Å². The highest BCUT2D eigenvalue weighted by atomic mass is 32.2. The summed E-state index contributed by atoms with van der Waals surface area (Å²) in [7, 11) is 0.0846. The molecule has 5 nitrogen and oxygen atoms in total. The zero-order valence-electron chi connectivity index (χ0n) is 13.3. The topological polar surface area (TPSA) is 58.6 Å². The third-order valence-electron chi connectivity index (χ3n) is 3.55. The first kappa shape index (κ1) is 17.9. The van der Waals surface area contributed by atoms with Crippen molar-refractivity contribution in [3.63, 3.8) is 0 Å². The summed E-state index contributed by atoms with van der Waals surface area (Å²) in [6.45, 7) is 5.38. The molecule has 0 amide bonds. The van der Waals surface area contributed by atoms with Gasteiger partial charge in [0.15, 0.2) is 0 Å². The van der Waals surface area contributed by atoms with Crippen LogP contribution in [0.4, 0.5) is 0 Å². The zero-order valence-corrected chi connectivity index (χ0v) is 14.1. The average Bonchev–Trinajstić information content (AvgIpc) is 2.50. The van der Waals surface area contributed by atoms with Crippen molar-refractivity contribution in [3.05, 3.63) is 24.3 Å². The van der Waals surface area contributed by atoms with Crippen LogP contribution in [0, 0.1) is 0 Å². The Morgan fingerprint density at radius 1 is 1.29 bits per heavy atom. The molecule has 6 heteroatoms. The Kier molecular flexibility index (Phi) is 7.14. The second-order valence-corrected chi connectivity index (χ2v) is 7.05. The molecular weight excluding hydrogens is 288 g/mol. The summed E-state index contributed by atoms with van der Waals surface area (Å²) in [4.78, 5) is 0.299. The molecule has 1 rings (SSSR count). The third-order valence-corrected chi connectivity index (χ3v) is 5.54. The Labute approximate surface area is 128 Å². The second kappa shape index (κ2) is 8.36. The Hall–Kier alpha value is -1.11. The highest BCUT2D eigenvalue weighted by Crippen LogP contribution is 2.20. The van der Waals surface area contributed by atoms with Crippen molar-refractivity contribution >= 4 is 10.0 Å². The molecule has 0 bridgehead atoms. The lowest BCUT2D eigenvalue weighted by molar-refractivity contribution is 0.309. The Morgan fingerprint density at radius 3 is 2.43 bits per heavy atom. The van der Waals surface area contributed by atoms with Gasteiger partial charge in [0.25, 0.3) is 0 Å². The number of sulfonamides is 1. The number of hydrogen-bond acceptors (Lipinski definition) is 4. The molecule has 1 unspecified atom stereocenters. The van der Waals surface area contributed by atoms with Crippen LogP contribution in [-0.2, 0) is 10.0 Å². The monoisotopic (exact) mass is 314 g/mol. The molecule has 1 aromatic carbocycles. The Bertz CT molecular complexity index is 514. The molecule has 0 aliphatic rings. The molecule has 0 fully saturated rings. The van der Waals surface area contributed by atoms with E-state index in [0.29, 0.717) is 17.3 Å². The predicted molar refractivity (Wildman–Crippen MR) is 85.2 cm³/mol. The van der Waals surface area contributed by atoms with Gasteiger partial charge in [-0.2, -0.15) is 4.31 Å². The number of nitrogens with zero attached hydrogens (tertiary/aromatic N) is 1. The fraction of sp³-hybridized carbons (Fsp3) is 0.600. The molecule has 21 heavy (non-hydrogen) atoms. The molecule has 0 saturated carbocycles. The maximum Gasteiger partial charge on any atom is 0.243 e. The van der Waals surface area contributed by atoms with E-state index in [9.17, 15) is 8.42 Å². The van der Waals surface area contributed by atoms with Gasteiger partial charge in [-0.25, -0.2) is 8.42 Å². The first-order valence-electron chi connectivity index (χ1n) is 7.29. The summed E-state index contributed by atoms with van der Waals surface area (Å²) >= 11 is 0. The van der Waals surface area contributed by atoms with Crippen molar-refractivity contribution in [1.29, 1.82) is 0 Å². The van der Waals surface area contributed by atoms with Crippen molar-refractivity contribution < 1.29 is 13.2 Å². The van der Waals surface area contributed by atoms with Crippen molar-refractivity contribution in [2.45, 2.75) is 37.6 Å². The van der Waals surface area contributed by atoms with Crippen LogP contribution >= 0.6 is 0 Å². The van der Waals surface area contributed by atoms with E-state index in [1.807, 2.05) is 20.9 Å². The van der Waals surface area contributed by atoms with Gasteiger partial charge in [0.2, 0.25) is 10.0 Å². The van der Waals surface area contributed by atoms with Crippen LogP contribution in [0.5, 0.6) is 5.75 Å². The summed E-state index contributed by atoms with van der Waals surface area (Å²) in [5.74, 6) is 0.691. The molecule has 0 radical (unpaired) electrons. The summed E-state index contributed by atoms with van der Waals surface area (Å²) in [6.07, 6.45) is 1.69. The van der Waals surface area contributed by atoms with Crippen LogP contribution in [0.2, 0.25) is 0 Å². The molecule has 120 valence electrons.